The zero-order valence-corrected chi connectivity index (χ0v) is 38.7. The number of carboxylic acids is 1. The molecule has 0 spiro atoms. The molecule has 1 aliphatic heterocycles. The second kappa shape index (κ2) is 25.0. The zero-order chi connectivity index (χ0) is 49.4. The van der Waals surface area contributed by atoms with E-state index < -0.39 is 95.5 Å². The van der Waals surface area contributed by atoms with Gasteiger partial charge in [-0.2, -0.15) is 0 Å². The fourth-order valence-electron chi connectivity index (χ4n) is 7.53. The molecule has 4 rings (SSSR count). The fourth-order valence-corrected chi connectivity index (χ4v) is 7.53. The standard InChI is InChI=1S/C46H66N12O9/c1-6-27(4)38(42(63)53-33(23-30-24-50-25-52-30)43(64)58-20-18-35(58)40(61)54-34(45(66)67)21-28-11-8-7-9-12-28)56-41(62)36(22-29-14-16-31(59)17-15-29)57(5)44(65)37(26(2)3)55-39(60)32(47)13-10-19-51-46(48)49/h7-9,11-12,14-17,24-27,32-38,59H,6,10,13,18-23,47H2,1-5H3,(H,50,52)(H,53,63)(H,54,61)(H,55,60)(H,56,62)(H,66,67)(H4,48,49,51)/t27-,32-,33-,34-,35-,36-,37-,38-/m0/s1. The number of likely N-dealkylation sites (tertiary alicyclic amines) is 1. The molecule has 8 atom stereocenters. The van der Waals surface area contributed by atoms with Crippen molar-refractivity contribution >= 4 is 47.4 Å². The number of H-pyrrole nitrogens is 1. The summed E-state index contributed by atoms with van der Waals surface area (Å²) in [5.74, 6) is -6.17. The van der Waals surface area contributed by atoms with Crippen LogP contribution in [0, 0.1) is 11.8 Å². The normalized spacial score (nSPS) is 16.4. The smallest absolute Gasteiger partial charge is 0.326 e. The van der Waals surface area contributed by atoms with Crippen molar-refractivity contribution in [2.24, 2.45) is 34.0 Å². The molecule has 1 saturated heterocycles. The van der Waals surface area contributed by atoms with E-state index >= 15 is 0 Å². The van der Waals surface area contributed by atoms with Crippen molar-refractivity contribution in [1.29, 1.82) is 0 Å². The van der Waals surface area contributed by atoms with Gasteiger partial charge in [-0.25, -0.2) is 9.78 Å². The minimum absolute atomic E-state index is 0.0168. The number of aromatic nitrogens is 2. The third-order valence-electron chi connectivity index (χ3n) is 11.9. The Morgan fingerprint density at radius 1 is 0.866 bits per heavy atom. The van der Waals surface area contributed by atoms with Gasteiger partial charge < -0.3 is 63.5 Å². The zero-order valence-electron chi connectivity index (χ0n) is 38.7. The van der Waals surface area contributed by atoms with Crippen LogP contribution in [0.1, 0.15) is 70.2 Å². The molecule has 1 aliphatic rings. The van der Waals surface area contributed by atoms with Crippen LogP contribution in [0.5, 0.6) is 5.75 Å². The van der Waals surface area contributed by atoms with Crippen LogP contribution >= 0.6 is 0 Å². The molecule has 21 nitrogen and oxygen atoms in total. The number of rotatable bonds is 25. The number of hydrogen-bond acceptors (Lipinski definition) is 11. The van der Waals surface area contributed by atoms with Crippen LogP contribution in [-0.4, -0.2) is 140 Å². The first kappa shape index (κ1) is 52.6. The molecule has 0 bridgehead atoms. The van der Waals surface area contributed by atoms with Crippen molar-refractivity contribution in [3.8, 4) is 5.75 Å². The van der Waals surface area contributed by atoms with E-state index in [1.54, 1.807) is 63.2 Å². The number of likely N-dealkylation sites (N-methyl/N-ethyl adjacent to an activating group) is 1. The summed E-state index contributed by atoms with van der Waals surface area (Å²) in [5, 5.41) is 30.9. The van der Waals surface area contributed by atoms with Gasteiger partial charge in [0.05, 0.1) is 12.4 Å². The van der Waals surface area contributed by atoms with Crippen LogP contribution in [0.4, 0.5) is 0 Å². The van der Waals surface area contributed by atoms with Gasteiger partial charge in [0.25, 0.3) is 0 Å². The Balaban J connectivity index is 1.56. The number of aromatic hydroxyl groups is 1. The Kier molecular flexibility index (Phi) is 19.7. The second-order valence-corrected chi connectivity index (χ2v) is 17.3. The molecule has 3 aromatic rings. The predicted molar refractivity (Wildman–Crippen MR) is 248 cm³/mol. The SMILES string of the molecule is CC[C@H](C)[C@H](NC(=O)[C@H](Cc1ccc(O)cc1)N(C)C(=O)[C@@H](NC(=O)[C@@H](N)CCCN=C(N)N)C(C)C)C(=O)N[C@@H](Cc1cnc[nH]1)C(=O)N1CC[C@H]1C(=O)N[C@@H](Cc1ccccc1)C(=O)O. The van der Waals surface area contributed by atoms with E-state index in [9.17, 15) is 43.8 Å². The largest absolute Gasteiger partial charge is 0.508 e. The van der Waals surface area contributed by atoms with Gasteiger partial charge >= 0.3 is 5.97 Å². The molecule has 13 N–H and O–H groups in total. The number of carboxylic acid groups (broad SMARTS) is 1. The van der Waals surface area contributed by atoms with Gasteiger partial charge in [0.2, 0.25) is 35.4 Å². The van der Waals surface area contributed by atoms with Crippen LogP contribution in [0.2, 0.25) is 0 Å². The lowest BCUT2D eigenvalue weighted by Gasteiger charge is -2.42. The van der Waals surface area contributed by atoms with Crippen molar-refractivity contribution in [3.63, 3.8) is 0 Å². The quantitative estimate of drug-likeness (QED) is 0.0296. The third-order valence-corrected chi connectivity index (χ3v) is 11.9. The van der Waals surface area contributed by atoms with Gasteiger partial charge in [0.15, 0.2) is 5.96 Å². The summed E-state index contributed by atoms with van der Waals surface area (Å²) >= 11 is 0. The highest BCUT2D eigenvalue weighted by atomic mass is 16.4. The van der Waals surface area contributed by atoms with E-state index in [0.29, 0.717) is 29.7 Å². The molecule has 1 aromatic heterocycles. The monoisotopic (exact) mass is 931 g/mol. The Morgan fingerprint density at radius 2 is 1.52 bits per heavy atom. The van der Waals surface area contributed by atoms with Crippen molar-refractivity contribution < 1.29 is 43.8 Å². The first-order valence-electron chi connectivity index (χ1n) is 22.4. The van der Waals surface area contributed by atoms with E-state index in [0.717, 1.165) is 0 Å². The number of phenolic OH excluding ortho intramolecular Hbond substituents is 1. The number of aliphatic carboxylic acids is 1. The molecule has 0 radical (unpaired) electrons. The Morgan fingerprint density at radius 3 is 2.09 bits per heavy atom. The van der Waals surface area contributed by atoms with Crippen molar-refractivity contribution in [2.45, 2.75) is 115 Å². The summed E-state index contributed by atoms with van der Waals surface area (Å²) in [6, 6.07) is 6.78. The highest BCUT2D eigenvalue weighted by Crippen LogP contribution is 2.22. The number of aromatic amines is 1. The first-order valence-corrected chi connectivity index (χ1v) is 22.4. The van der Waals surface area contributed by atoms with Crippen molar-refractivity contribution in [2.75, 3.05) is 20.1 Å². The number of aliphatic imine (C=N–C) groups is 1. The molecular formula is C46H66N12O9. The van der Waals surface area contributed by atoms with Gasteiger partial charge in [0, 0.05) is 51.3 Å². The summed E-state index contributed by atoms with van der Waals surface area (Å²) in [6.07, 6.45) is 4.10. The van der Waals surface area contributed by atoms with Crippen LogP contribution < -0.4 is 38.5 Å². The van der Waals surface area contributed by atoms with Crippen LogP contribution in [0.15, 0.2) is 72.1 Å². The molecular weight excluding hydrogens is 865 g/mol. The molecule has 0 saturated carbocycles. The third kappa shape index (κ3) is 15.3. The fraction of sp³-hybridized carbons (Fsp3) is 0.500. The highest BCUT2D eigenvalue weighted by molar-refractivity contribution is 5.98. The van der Waals surface area contributed by atoms with Crippen molar-refractivity contribution in [1.82, 2.24) is 41.0 Å². The van der Waals surface area contributed by atoms with Crippen LogP contribution in [0.25, 0.3) is 0 Å². The summed E-state index contributed by atoms with van der Waals surface area (Å²) in [4.78, 5) is 110. The molecule has 0 unspecified atom stereocenters. The lowest BCUT2D eigenvalue weighted by atomic mass is 9.95. The number of hydrogen-bond donors (Lipinski definition) is 10. The Labute approximate surface area is 390 Å². The van der Waals surface area contributed by atoms with Gasteiger partial charge in [-0.05, 0) is 54.4 Å². The number of guanidine groups is 1. The lowest BCUT2D eigenvalue weighted by molar-refractivity contribution is -0.151. The lowest BCUT2D eigenvalue weighted by Crippen LogP contribution is -2.65. The van der Waals surface area contributed by atoms with E-state index in [1.807, 2.05) is 6.92 Å². The molecule has 67 heavy (non-hydrogen) atoms. The van der Waals surface area contributed by atoms with Gasteiger partial charge in [0.1, 0.15) is 42.0 Å². The maximum atomic E-state index is 14.6. The number of nitrogens with zero attached hydrogens (tertiary/aromatic N) is 4. The highest BCUT2D eigenvalue weighted by Gasteiger charge is 2.43. The Bertz CT molecular complexity index is 2170. The molecule has 1 fully saturated rings. The minimum Gasteiger partial charge on any atom is -0.508 e. The number of amides is 6. The average molecular weight is 931 g/mol. The van der Waals surface area contributed by atoms with Crippen LogP contribution in [-0.2, 0) is 52.8 Å². The number of carbonyl (C=O) groups is 7. The summed E-state index contributed by atoms with van der Waals surface area (Å²) < 4.78 is 0. The maximum absolute atomic E-state index is 14.6. The van der Waals surface area contributed by atoms with E-state index in [-0.39, 0.29) is 56.9 Å². The van der Waals surface area contributed by atoms with Gasteiger partial charge in [-0.15, -0.1) is 0 Å². The second-order valence-electron chi connectivity index (χ2n) is 17.3. The summed E-state index contributed by atoms with van der Waals surface area (Å²) in [7, 11) is 1.42. The van der Waals surface area contributed by atoms with E-state index in [1.165, 1.54) is 41.5 Å². The number of nitrogens with one attached hydrogen (secondary N) is 5. The number of nitrogens with two attached hydrogens (primary N) is 3. The topological polar surface area (TPSA) is 334 Å². The number of imidazole rings is 1. The Hall–Kier alpha value is -7.03. The van der Waals surface area contributed by atoms with Crippen molar-refractivity contribution in [3.05, 3.63) is 83.9 Å². The number of benzene rings is 2. The number of phenols is 1. The molecule has 0 aliphatic carbocycles. The first-order chi connectivity index (χ1) is 31.8. The molecule has 21 heteroatoms. The summed E-state index contributed by atoms with van der Waals surface area (Å²) in [6.45, 7) is 7.45. The maximum Gasteiger partial charge on any atom is 0.326 e. The molecule has 2 aromatic carbocycles. The molecule has 364 valence electrons. The average Bonchev–Trinajstić information content (AvgIpc) is 3.80. The van der Waals surface area contributed by atoms with Crippen LogP contribution in [0.3, 0.4) is 0 Å². The van der Waals surface area contributed by atoms with Gasteiger partial charge in [-0.1, -0.05) is 76.6 Å². The van der Waals surface area contributed by atoms with E-state index in [4.69, 9.17) is 17.2 Å². The number of carbonyl (C=O) groups excluding carboxylic acids is 6. The van der Waals surface area contributed by atoms with Gasteiger partial charge in [-0.3, -0.25) is 33.8 Å². The minimum atomic E-state index is -1.26. The molecule has 2 heterocycles. The molecule has 6 amide bonds. The van der Waals surface area contributed by atoms with E-state index in [2.05, 4.69) is 36.2 Å². The predicted octanol–water partition coefficient (Wildman–Crippen LogP) is -0.322. The summed E-state index contributed by atoms with van der Waals surface area (Å²) in [5.41, 5.74) is 18.7.